The van der Waals surface area contributed by atoms with E-state index in [9.17, 15) is 0 Å². The highest BCUT2D eigenvalue weighted by atomic mass is 32.2. The molecule has 0 aliphatic heterocycles. The van der Waals surface area contributed by atoms with Crippen LogP contribution in [0, 0.1) is 12.8 Å². The van der Waals surface area contributed by atoms with Gasteiger partial charge in [-0.2, -0.15) is 5.10 Å². The monoisotopic (exact) mass is 255 g/mol. The highest BCUT2D eigenvalue weighted by Gasteiger charge is 2.15. The molecule has 98 valence electrons. The zero-order valence-electron chi connectivity index (χ0n) is 11.7. The fourth-order valence-electron chi connectivity index (χ4n) is 1.87. The summed E-state index contributed by atoms with van der Waals surface area (Å²) in [6.07, 6.45) is 1.22. The Balaban J connectivity index is 2.54. The first-order valence-corrected chi connectivity index (χ1v) is 7.43. The summed E-state index contributed by atoms with van der Waals surface area (Å²) in [6, 6.07) is 2.75. The molecule has 0 radical (unpaired) electrons. The molecule has 1 N–H and O–H groups in total. The Bertz CT molecular complexity index is 335. The molecule has 3 nitrogen and oxygen atoms in total. The minimum absolute atomic E-state index is 0.588. The third-order valence-electron chi connectivity index (χ3n) is 3.17. The lowest BCUT2D eigenvalue weighted by Crippen LogP contribution is -2.36. The molecule has 0 fully saturated rings. The van der Waals surface area contributed by atoms with Gasteiger partial charge in [-0.25, -0.2) is 0 Å². The zero-order chi connectivity index (χ0) is 12.8. The van der Waals surface area contributed by atoms with Crippen LogP contribution in [0.25, 0.3) is 0 Å². The summed E-state index contributed by atoms with van der Waals surface area (Å²) in [4.78, 5) is 0. The van der Waals surface area contributed by atoms with Crippen LogP contribution in [-0.4, -0.2) is 28.1 Å². The van der Waals surface area contributed by atoms with Gasteiger partial charge in [-0.1, -0.05) is 27.2 Å². The molecule has 4 heteroatoms. The molecule has 0 aliphatic carbocycles. The molecule has 1 aromatic rings. The van der Waals surface area contributed by atoms with E-state index in [-0.39, 0.29) is 0 Å². The Labute approximate surface area is 109 Å². The Morgan fingerprint density at radius 1 is 1.47 bits per heavy atom. The van der Waals surface area contributed by atoms with Crippen LogP contribution in [0.15, 0.2) is 11.1 Å². The SMILES string of the molecule is CCNC(CSc1cc(C)nn1C)C(C)CC. The maximum Gasteiger partial charge on any atom is 0.0939 e. The number of nitrogens with one attached hydrogen (secondary N) is 1. The van der Waals surface area contributed by atoms with Crippen LogP contribution in [0.1, 0.15) is 32.9 Å². The molecule has 0 spiro atoms. The maximum atomic E-state index is 4.38. The second kappa shape index (κ2) is 7.07. The molecule has 0 aromatic carbocycles. The van der Waals surface area contributed by atoms with E-state index in [1.54, 1.807) is 0 Å². The normalized spacial score (nSPS) is 14.9. The topological polar surface area (TPSA) is 29.9 Å². The Kier molecular flexibility index (Phi) is 6.06. The van der Waals surface area contributed by atoms with Crippen molar-refractivity contribution in [2.75, 3.05) is 12.3 Å². The molecular formula is C13H25N3S. The summed E-state index contributed by atoms with van der Waals surface area (Å²) >= 11 is 1.90. The van der Waals surface area contributed by atoms with Crippen molar-refractivity contribution < 1.29 is 0 Å². The van der Waals surface area contributed by atoms with Gasteiger partial charge in [0.2, 0.25) is 0 Å². The van der Waals surface area contributed by atoms with E-state index in [0.29, 0.717) is 6.04 Å². The van der Waals surface area contributed by atoms with Crippen molar-refractivity contribution in [1.29, 1.82) is 0 Å². The third kappa shape index (κ3) is 4.36. The van der Waals surface area contributed by atoms with Crippen molar-refractivity contribution in [3.8, 4) is 0 Å². The molecule has 0 saturated heterocycles. The molecule has 1 rings (SSSR count). The summed E-state index contributed by atoms with van der Waals surface area (Å²) < 4.78 is 1.97. The molecular weight excluding hydrogens is 230 g/mol. The summed E-state index contributed by atoms with van der Waals surface area (Å²) in [7, 11) is 2.01. The van der Waals surface area contributed by atoms with Crippen LogP contribution in [0.2, 0.25) is 0 Å². The van der Waals surface area contributed by atoms with Gasteiger partial charge < -0.3 is 5.32 Å². The predicted molar refractivity (Wildman–Crippen MR) is 75.6 cm³/mol. The number of aromatic nitrogens is 2. The summed E-state index contributed by atoms with van der Waals surface area (Å²) in [5, 5.41) is 9.21. The number of hydrogen-bond donors (Lipinski definition) is 1. The lowest BCUT2D eigenvalue weighted by atomic mass is 10.0. The second-order valence-electron chi connectivity index (χ2n) is 4.61. The van der Waals surface area contributed by atoms with Crippen molar-refractivity contribution in [1.82, 2.24) is 15.1 Å². The molecule has 1 heterocycles. The summed E-state index contributed by atoms with van der Waals surface area (Å²) in [6.45, 7) is 9.84. The average molecular weight is 255 g/mol. The largest absolute Gasteiger partial charge is 0.313 e. The van der Waals surface area contributed by atoms with Gasteiger partial charge in [0.15, 0.2) is 0 Å². The number of rotatable bonds is 7. The van der Waals surface area contributed by atoms with E-state index in [1.165, 1.54) is 11.4 Å². The van der Waals surface area contributed by atoms with Gasteiger partial charge in [-0.3, -0.25) is 4.68 Å². The third-order valence-corrected chi connectivity index (χ3v) is 4.37. The molecule has 0 amide bonds. The van der Waals surface area contributed by atoms with E-state index in [1.807, 2.05) is 30.4 Å². The maximum absolute atomic E-state index is 4.38. The predicted octanol–water partition coefficient (Wildman–Crippen LogP) is 2.84. The number of thioether (sulfide) groups is 1. The second-order valence-corrected chi connectivity index (χ2v) is 5.65. The van der Waals surface area contributed by atoms with E-state index < -0.39 is 0 Å². The minimum atomic E-state index is 0.588. The van der Waals surface area contributed by atoms with Crippen LogP contribution in [0.3, 0.4) is 0 Å². The average Bonchev–Trinajstić information content (AvgIpc) is 2.62. The Morgan fingerprint density at radius 2 is 2.18 bits per heavy atom. The molecule has 17 heavy (non-hydrogen) atoms. The standard InChI is InChI=1S/C13H25N3S/c1-6-10(3)12(14-7-2)9-17-13-8-11(4)15-16(13)5/h8,10,12,14H,6-7,9H2,1-5H3. The van der Waals surface area contributed by atoms with Crippen LogP contribution in [0.5, 0.6) is 0 Å². The summed E-state index contributed by atoms with van der Waals surface area (Å²) in [5.74, 6) is 1.83. The first-order chi connectivity index (χ1) is 8.08. The molecule has 2 unspecified atom stereocenters. The first kappa shape index (κ1) is 14.6. The fraction of sp³-hybridized carbons (Fsp3) is 0.769. The van der Waals surface area contributed by atoms with Crippen molar-refractivity contribution >= 4 is 11.8 Å². The van der Waals surface area contributed by atoms with Crippen molar-refractivity contribution in [2.45, 2.75) is 45.2 Å². The summed E-state index contributed by atoms with van der Waals surface area (Å²) in [5.41, 5.74) is 1.10. The van der Waals surface area contributed by atoms with E-state index in [2.05, 4.69) is 37.3 Å². The van der Waals surface area contributed by atoms with Crippen LogP contribution >= 0.6 is 11.8 Å². The van der Waals surface area contributed by atoms with Gasteiger partial charge in [0.25, 0.3) is 0 Å². The zero-order valence-corrected chi connectivity index (χ0v) is 12.5. The van der Waals surface area contributed by atoms with Crippen LogP contribution in [-0.2, 0) is 7.05 Å². The smallest absolute Gasteiger partial charge is 0.0939 e. The molecule has 1 aromatic heterocycles. The quantitative estimate of drug-likeness (QED) is 0.760. The van der Waals surface area contributed by atoms with E-state index in [0.717, 1.165) is 23.9 Å². The Morgan fingerprint density at radius 3 is 2.65 bits per heavy atom. The van der Waals surface area contributed by atoms with Crippen molar-refractivity contribution in [3.05, 3.63) is 11.8 Å². The molecule has 0 saturated carbocycles. The Hall–Kier alpha value is -0.480. The fourth-order valence-corrected chi connectivity index (χ4v) is 3.15. The molecule has 0 bridgehead atoms. The van der Waals surface area contributed by atoms with Gasteiger partial charge in [0, 0.05) is 18.8 Å². The van der Waals surface area contributed by atoms with Crippen LogP contribution in [0.4, 0.5) is 0 Å². The first-order valence-electron chi connectivity index (χ1n) is 6.45. The van der Waals surface area contributed by atoms with Gasteiger partial charge in [0.05, 0.1) is 10.7 Å². The highest BCUT2D eigenvalue weighted by molar-refractivity contribution is 7.99. The van der Waals surface area contributed by atoms with Crippen molar-refractivity contribution in [3.63, 3.8) is 0 Å². The van der Waals surface area contributed by atoms with Crippen LogP contribution < -0.4 is 5.32 Å². The van der Waals surface area contributed by atoms with Gasteiger partial charge in [0.1, 0.15) is 0 Å². The number of nitrogens with zero attached hydrogens (tertiary/aromatic N) is 2. The lowest BCUT2D eigenvalue weighted by molar-refractivity contribution is 0.403. The molecule has 0 aliphatic rings. The van der Waals surface area contributed by atoms with Crippen molar-refractivity contribution in [2.24, 2.45) is 13.0 Å². The highest BCUT2D eigenvalue weighted by Crippen LogP contribution is 2.22. The number of hydrogen-bond acceptors (Lipinski definition) is 3. The number of aryl methyl sites for hydroxylation is 2. The lowest BCUT2D eigenvalue weighted by Gasteiger charge is -2.23. The van der Waals surface area contributed by atoms with Gasteiger partial charge >= 0.3 is 0 Å². The molecule has 2 atom stereocenters. The van der Waals surface area contributed by atoms with Gasteiger partial charge in [-0.05, 0) is 25.5 Å². The van der Waals surface area contributed by atoms with Gasteiger partial charge in [-0.15, -0.1) is 11.8 Å². The minimum Gasteiger partial charge on any atom is -0.313 e. The van der Waals surface area contributed by atoms with E-state index >= 15 is 0 Å². The van der Waals surface area contributed by atoms with E-state index in [4.69, 9.17) is 0 Å².